The predicted molar refractivity (Wildman–Crippen MR) is 143 cm³/mol. The van der Waals surface area contributed by atoms with E-state index in [1.807, 2.05) is 75.4 Å². The Balaban J connectivity index is 1.97. The number of anilines is 1. The summed E-state index contributed by atoms with van der Waals surface area (Å²) in [6, 6.07) is 17.6. The third-order valence-electron chi connectivity index (χ3n) is 5.26. The monoisotopic (exact) mass is 514 g/mol. The van der Waals surface area contributed by atoms with E-state index in [0.717, 1.165) is 22.6 Å². The molecule has 1 unspecified atom stereocenters. The van der Waals surface area contributed by atoms with Crippen LogP contribution in [0, 0.1) is 0 Å². The highest BCUT2D eigenvalue weighted by Gasteiger charge is 2.27. The van der Waals surface area contributed by atoms with Crippen molar-refractivity contribution in [2.75, 3.05) is 19.1 Å². The Labute approximate surface area is 215 Å². The predicted octanol–water partition coefficient (Wildman–Crippen LogP) is 5.63. The Hall–Kier alpha value is -2.81. The second kappa shape index (κ2) is 11.7. The van der Waals surface area contributed by atoms with Crippen LogP contribution in [-0.4, -0.2) is 39.4 Å². The smallest absolute Gasteiger partial charge is 0.161 e. The molecule has 1 aromatic heterocycles. The fourth-order valence-electron chi connectivity index (χ4n) is 3.21. The number of nitrogens with zero attached hydrogens (tertiary/aromatic N) is 4. The quantitative estimate of drug-likeness (QED) is 0.272. The number of aromatic nitrogens is 2. The molecule has 35 heavy (non-hydrogen) atoms. The fraction of sp³-hybridized carbons (Fsp3) is 0.346. The van der Waals surface area contributed by atoms with Gasteiger partial charge in [0.2, 0.25) is 0 Å². The van der Waals surface area contributed by atoms with Gasteiger partial charge in [0, 0.05) is 18.7 Å². The lowest BCUT2D eigenvalue weighted by Crippen LogP contribution is -2.27. The zero-order chi connectivity index (χ0) is 25.6. The van der Waals surface area contributed by atoms with Gasteiger partial charge in [-0.25, -0.2) is 0 Å². The van der Waals surface area contributed by atoms with Crippen molar-refractivity contribution in [3.05, 3.63) is 76.4 Å². The average Bonchev–Trinajstić information content (AvgIpc) is 2.84. The molecule has 3 aromatic rings. The first-order valence-electron chi connectivity index (χ1n) is 11.1. The SMILES string of the molecule is COc1ccc(CN(Cc2ccc(OC)cc2)c2cc(/C(C)=N/[S+]([O-])C(C)(C)C)c(Cl)nn2)cc1. The lowest BCUT2D eigenvalue weighted by atomic mass is 10.1. The van der Waals surface area contributed by atoms with Gasteiger partial charge < -0.3 is 18.9 Å². The van der Waals surface area contributed by atoms with Crippen molar-refractivity contribution < 1.29 is 14.0 Å². The summed E-state index contributed by atoms with van der Waals surface area (Å²) in [5, 5.41) is 8.77. The minimum absolute atomic E-state index is 0.217. The third kappa shape index (κ3) is 7.34. The van der Waals surface area contributed by atoms with E-state index in [2.05, 4.69) is 19.5 Å². The number of ether oxygens (including phenoxy) is 2. The lowest BCUT2D eigenvalue weighted by molar-refractivity contribution is 0.414. The van der Waals surface area contributed by atoms with Crippen LogP contribution in [0.4, 0.5) is 5.82 Å². The largest absolute Gasteiger partial charge is 0.591 e. The van der Waals surface area contributed by atoms with Crippen LogP contribution >= 0.6 is 11.6 Å². The van der Waals surface area contributed by atoms with Crippen LogP contribution in [-0.2, 0) is 24.5 Å². The van der Waals surface area contributed by atoms with E-state index in [9.17, 15) is 4.55 Å². The maximum Gasteiger partial charge on any atom is 0.161 e. The number of benzene rings is 2. The van der Waals surface area contributed by atoms with Crippen LogP contribution in [0.25, 0.3) is 0 Å². The minimum atomic E-state index is -1.42. The summed E-state index contributed by atoms with van der Waals surface area (Å²) < 4.78 is 27.0. The van der Waals surface area contributed by atoms with E-state index in [1.54, 1.807) is 21.1 Å². The van der Waals surface area contributed by atoms with E-state index < -0.39 is 16.1 Å². The van der Waals surface area contributed by atoms with Crippen molar-refractivity contribution in [2.45, 2.75) is 45.5 Å². The Kier molecular flexibility index (Phi) is 8.99. The maximum absolute atomic E-state index is 12.6. The summed E-state index contributed by atoms with van der Waals surface area (Å²) in [6.45, 7) is 8.58. The summed E-state index contributed by atoms with van der Waals surface area (Å²) >= 11 is 4.96. The molecule has 2 aromatic carbocycles. The highest BCUT2D eigenvalue weighted by molar-refractivity contribution is 7.91. The summed E-state index contributed by atoms with van der Waals surface area (Å²) in [5.41, 5.74) is 3.31. The summed E-state index contributed by atoms with van der Waals surface area (Å²) in [4.78, 5) is 2.10. The van der Waals surface area contributed by atoms with E-state index in [4.69, 9.17) is 21.1 Å². The molecular formula is C26H31ClN4O3S. The Morgan fingerprint density at radius 2 is 1.43 bits per heavy atom. The van der Waals surface area contributed by atoms with Gasteiger partial charge in [0.05, 0.1) is 19.9 Å². The molecule has 0 spiro atoms. The first-order valence-corrected chi connectivity index (χ1v) is 12.6. The van der Waals surface area contributed by atoms with Crippen LogP contribution in [0.3, 0.4) is 0 Å². The molecule has 0 fully saturated rings. The zero-order valence-corrected chi connectivity index (χ0v) is 22.5. The number of methoxy groups -OCH3 is 2. The van der Waals surface area contributed by atoms with Crippen molar-refractivity contribution in [3.63, 3.8) is 0 Å². The van der Waals surface area contributed by atoms with Crippen molar-refractivity contribution in [1.29, 1.82) is 0 Å². The van der Waals surface area contributed by atoms with Crippen LogP contribution in [0.2, 0.25) is 5.15 Å². The van der Waals surface area contributed by atoms with E-state index in [0.29, 0.717) is 30.2 Å². The third-order valence-corrected chi connectivity index (χ3v) is 7.03. The molecule has 0 aliphatic carbocycles. The molecule has 0 saturated carbocycles. The lowest BCUT2D eigenvalue weighted by Gasteiger charge is -2.24. The van der Waals surface area contributed by atoms with Gasteiger partial charge in [-0.1, -0.05) is 40.3 Å². The average molecular weight is 515 g/mol. The molecule has 0 saturated heterocycles. The first-order chi connectivity index (χ1) is 16.6. The fourth-order valence-corrected chi connectivity index (χ4v) is 4.06. The van der Waals surface area contributed by atoms with Gasteiger partial charge in [-0.15, -0.1) is 10.2 Å². The number of hydrogen-bond acceptors (Lipinski definition) is 7. The van der Waals surface area contributed by atoms with Crippen molar-refractivity contribution in [2.24, 2.45) is 4.40 Å². The van der Waals surface area contributed by atoms with Crippen LogP contribution in [0.1, 0.15) is 44.4 Å². The Morgan fingerprint density at radius 3 is 1.86 bits per heavy atom. The van der Waals surface area contributed by atoms with Crippen molar-refractivity contribution in [1.82, 2.24) is 10.2 Å². The molecule has 0 aliphatic rings. The number of halogens is 1. The highest BCUT2D eigenvalue weighted by Crippen LogP contribution is 2.25. The van der Waals surface area contributed by atoms with Gasteiger partial charge in [0.1, 0.15) is 27.6 Å². The van der Waals surface area contributed by atoms with Crippen LogP contribution < -0.4 is 14.4 Å². The van der Waals surface area contributed by atoms with Crippen molar-refractivity contribution in [3.8, 4) is 11.5 Å². The summed E-state index contributed by atoms with van der Waals surface area (Å²) in [6.07, 6.45) is 0. The molecule has 7 nitrogen and oxygen atoms in total. The molecule has 3 rings (SSSR count). The first kappa shape index (κ1) is 26.8. The number of rotatable bonds is 9. The topological polar surface area (TPSA) is 82.9 Å². The molecule has 0 aliphatic heterocycles. The molecular weight excluding hydrogens is 484 g/mol. The van der Waals surface area contributed by atoms with Crippen molar-refractivity contribution >= 4 is 34.5 Å². The molecule has 0 N–H and O–H groups in total. The molecule has 1 atom stereocenters. The standard InChI is InChI=1S/C26H31ClN4O3S/c1-18(30-35(32)26(2,3)4)23-15-24(28-29-25(23)27)31(16-19-7-11-21(33-5)12-8-19)17-20-9-13-22(34-6)14-10-20/h7-15H,16-17H2,1-6H3/b30-18+. The molecule has 0 bridgehead atoms. The van der Waals surface area contributed by atoms with Gasteiger partial charge in [-0.05, 0) is 69.2 Å². The Morgan fingerprint density at radius 1 is 0.943 bits per heavy atom. The minimum Gasteiger partial charge on any atom is -0.591 e. The van der Waals surface area contributed by atoms with Gasteiger partial charge in [-0.2, -0.15) is 0 Å². The molecule has 0 amide bonds. The van der Waals surface area contributed by atoms with E-state index in [1.165, 1.54) is 0 Å². The second-order valence-corrected chi connectivity index (χ2v) is 11.3. The highest BCUT2D eigenvalue weighted by atomic mass is 35.5. The molecule has 186 valence electrons. The van der Waals surface area contributed by atoms with Gasteiger partial charge in [0.15, 0.2) is 11.0 Å². The Bertz CT molecular complexity index is 1100. The summed E-state index contributed by atoms with van der Waals surface area (Å²) in [7, 11) is 3.29. The zero-order valence-electron chi connectivity index (χ0n) is 20.9. The van der Waals surface area contributed by atoms with E-state index in [-0.39, 0.29) is 5.15 Å². The molecule has 0 radical (unpaired) electrons. The normalized spacial score (nSPS) is 12.9. The van der Waals surface area contributed by atoms with Gasteiger partial charge in [-0.3, -0.25) is 0 Å². The van der Waals surface area contributed by atoms with Gasteiger partial charge in [0.25, 0.3) is 0 Å². The molecule has 1 heterocycles. The molecule has 9 heteroatoms. The van der Waals surface area contributed by atoms with Gasteiger partial charge >= 0.3 is 0 Å². The maximum atomic E-state index is 12.6. The van der Waals surface area contributed by atoms with Crippen LogP contribution in [0.15, 0.2) is 59.0 Å². The van der Waals surface area contributed by atoms with E-state index >= 15 is 0 Å². The number of hydrogen-bond donors (Lipinski definition) is 0. The summed E-state index contributed by atoms with van der Waals surface area (Å²) in [5.74, 6) is 2.22. The second-order valence-electron chi connectivity index (χ2n) is 9.00. The van der Waals surface area contributed by atoms with Crippen LogP contribution in [0.5, 0.6) is 11.5 Å².